The summed E-state index contributed by atoms with van der Waals surface area (Å²) < 4.78 is 21.5. The summed E-state index contributed by atoms with van der Waals surface area (Å²) in [4.78, 5) is 14.6. The molecular weight excluding hydrogens is 430 g/mol. The van der Waals surface area contributed by atoms with E-state index in [1.807, 2.05) is 24.3 Å². The Morgan fingerprint density at radius 2 is 1.85 bits per heavy atom. The molecule has 0 amide bonds. The smallest absolute Gasteiger partial charge is 0.333 e. The summed E-state index contributed by atoms with van der Waals surface area (Å²) >= 11 is 0. The Bertz CT molecular complexity index is 1100. The molecule has 0 atom stereocenters. The number of fused-ring (bicyclic) bond motifs is 1. The maximum atomic E-state index is 12.3. The minimum absolute atomic E-state index is 0.286. The minimum atomic E-state index is -0.286. The fourth-order valence-corrected chi connectivity index (χ4v) is 4.04. The third-order valence-electron chi connectivity index (χ3n) is 5.78. The molecule has 0 bridgehead atoms. The largest absolute Gasteiger partial charge is 0.491 e. The Balaban J connectivity index is 1.56. The lowest BCUT2D eigenvalue weighted by Crippen LogP contribution is -2.24. The molecule has 34 heavy (non-hydrogen) atoms. The van der Waals surface area contributed by atoms with Crippen LogP contribution in [0, 0.1) is 0 Å². The first-order chi connectivity index (χ1) is 16.7. The molecule has 0 aliphatic carbocycles. The lowest BCUT2D eigenvalue weighted by molar-refractivity contribution is -0.136. The highest BCUT2D eigenvalue weighted by atomic mass is 16.5. The van der Waals surface area contributed by atoms with Crippen LogP contribution in [-0.4, -0.2) is 39.4 Å². The number of nitrogens with zero attached hydrogens (tertiary/aromatic N) is 1. The van der Waals surface area contributed by atoms with Crippen molar-refractivity contribution in [1.82, 2.24) is 0 Å². The van der Waals surface area contributed by atoms with Crippen LogP contribution < -0.4 is 9.64 Å². The van der Waals surface area contributed by atoms with Gasteiger partial charge in [-0.25, -0.2) is 4.79 Å². The van der Waals surface area contributed by atoms with E-state index >= 15 is 0 Å². The van der Waals surface area contributed by atoms with E-state index in [0.29, 0.717) is 38.3 Å². The van der Waals surface area contributed by atoms with Crippen molar-refractivity contribution in [2.75, 3.05) is 38.4 Å². The lowest BCUT2D eigenvalue weighted by Gasteiger charge is -2.25. The van der Waals surface area contributed by atoms with Gasteiger partial charge < -0.3 is 23.5 Å². The van der Waals surface area contributed by atoms with E-state index in [2.05, 4.69) is 42.2 Å². The zero-order chi connectivity index (χ0) is 23.8. The maximum Gasteiger partial charge on any atom is 0.333 e. The van der Waals surface area contributed by atoms with Crippen molar-refractivity contribution in [3.05, 3.63) is 77.8 Å². The van der Waals surface area contributed by atoms with E-state index in [1.165, 1.54) is 7.11 Å². The topological polar surface area (TPSA) is 61.1 Å². The van der Waals surface area contributed by atoms with Gasteiger partial charge in [-0.1, -0.05) is 25.1 Å². The standard InChI is InChI=1S/C28H31NO5/c1-3-13-32-15-16-34-26-7-4-22(5-8-26)23-6-9-27-25(17-23)18-24(28(30)31-2)10-12-29(27)19-21-11-14-33-20-21/h4-9,11,14,17-18,20H,3,10,12-13,15-16,19H2,1-2H3. The molecule has 3 aromatic rings. The van der Waals surface area contributed by atoms with Gasteiger partial charge in [0, 0.05) is 36.5 Å². The summed E-state index contributed by atoms with van der Waals surface area (Å²) in [5.74, 6) is 0.531. The van der Waals surface area contributed by atoms with Crippen LogP contribution in [0.4, 0.5) is 5.69 Å². The third-order valence-corrected chi connectivity index (χ3v) is 5.78. The summed E-state index contributed by atoms with van der Waals surface area (Å²) in [6.45, 7) is 5.39. The second-order valence-electron chi connectivity index (χ2n) is 8.22. The van der Waals surface area contributed by atoms with Crippen molar-refractivity contribution >= 4 is 17.7 Å². The van der Waals surface area contributed by atoms with Crippen molar-refractivity contribution in [1.29, 1.82) is 0 Å². The van der Waals surface area contributed by atoms with Gasteiger partial charge >= 0.3 is 5.97 Å². The molecule has 0 radical (unpaired) electrons. The minimum Gasteiger partial charge on any atom is -0.491 e. The van der Waals surface area contributed by atoms with Gasteiger partial charge in [-0.15, -0.1) is 0 Å². The number of furan rings is 1. The van der Waals surface area contributed by atoms with Crippen molar-refractivity contribution in [3.63, 3.8) is 0 Å². The fraction of sp³-hybridized carbons (Fsp3) is 0.321. The van der Waals surface area contributed by atoms with Gasteiger partial charge in [0.15, 0.2) is 0 Å². The first-order valence-corrected chi connectivity index (χ1v) is 11.7. The van der Waals surface area contributed by atoms with Crippen molar-refractivity contribution in [2.24, 2.45) is 0 Å². The average molecular weight is 462 g/mol. The molecule has 0 unspecified atom stereocenters. The van der Waals surface area contributed by atoms with Crippen molar-refractivity contribution < 1.29 is 23.4 Å². The molecule has 2 heterocycles. The van der Waals surface area contributed by atoms with Crippen LogP contribution in [0.2, 0.25) is 0 Å². The van der Waals surface area contributed by atoms with Crippen LogP contribution in [0.15, 0.2) is 71.0 Å². The van der Waals surface area contributed by atoms with Crippen LogP contribution in [0.5, 0.6) is 5.75 Å². The number of anilines is 1. The van der Waals surface area contributed by atoms with E-state index in [4.69, 9.17) is 18.6 Å². The predicted molar refractivity (Wildman–Crippen MR) is 133 cm³/mol. The van der Waals surface area contributed by atoms with Gasteiger partial charge in [0.1, 0.15) is 12.4 Å². The average Bonchev–Trinajstić information content (AvgIpc) is 3.31. The molecule has 1 aliphatic rings. The number of carbonyl (C=O) groups is 1. The van der Waals surface area contributed by atoms with Crippen LogP contribution in [0.25, 0.3) is 17.2 Å². The zero-order valence-corrected chi connectivity index (χ0v) is 19.8. The number of hydrogen-bond donors (Lipinski definition) is 0. The highest BCUT2D eigenvalue weighted by molar-refractivity contribution is 5.96. The van der Waals surface area contributed by atoms with Crippen LogP contribution in [-0.2, 0) is 20.8 Å². The molecule has 1 aliphatic heterocycles. The first kappa shape index (κ1) is 23.6. The van der Waals surface area contributed by atoms with Crippen molar-refractivity contribution in [3.8, 4) is 16.9 Å². The SMILES string of the molecule is CCCOCCOc1ccc(-c2ccc3c(c2)C=C(C(=O)OC)CCN3Cc2ccoc2)cc1. The quantitative estimate of drug-likeness (QED) is 0.284. The molecule has 0 fully saturated rings. The molecule has 6 nitrogen and oxygen atoms in total. The third kappa shape index (κ3) is 5.88. The normalized spacial score (nSPS) is 13.1. The number of rotatable bonds is 10. The summed E-state index contributed by atoms with van der Waals surface area (Å²) in [7, 11) is 1.42. The fourth-order valence-electron chi connectivity index (χ4n) is 4.04. The van der Waals surface area contributed by atoms with Crippen LogP contribution in [0.3, 0.4) is 0 Å². The molecule has 0 N–H and O–H groups in total. The molecule has 0 spiro atoms. The summed E-state index contributed by atoms with van der Waals surface area (Å²) in [5.41, 5.74) is 5.98. The highest BCUT2D eigenvalue weighted by Crippen LogP contribution is 2.34. The highest BCUT2D eigenvalue weighted by Gasteiger charge is 2.21. The number of methoxy groups -OCH3 is 1. The molecule has 178 valence electrons. The van der Waals surface area contributed by atoms with Crippen LogP contribution in [0.1, 0.15) is 30.9 Å². The maximum absolute atomic E-state index is 12.3. The Labute approximate surface area is 200 Å². The second kappa shape index (κ2) is 11.6. The molecular formula is C28H31NO5. The van der Waals surface area contributed by atoms with Gasteiger partial charge in [-0.2, -0.15) is 0 Å². The molecule has 0 saturated heterocycles. The van der Waals surface area contributed by atoms with E-state index in [1.54, 1.807) is 12.5 Å². The Kier molecular flexibility index (Phi) is 8.04. The molecule has 6 heteroatoms. The summed E-state index contributed by atoms with van der Waals surface area (Å²) in [6, 6.07) is 16.4. The summed E-state index contributed by atoms with van der Waals surface area (Å²) in [5, 5.41) is 0. The monoisotopic (exact) mass is 461 g/mol. The number of ether oxygens (including phenoxy) is 3. The van der Waals surface area contributed by atoms with E-state index < -0.39 is 0 Å². The molecule has 0 saturated carbocycles. The number of carbonyl (C=O) groups excluding carboxylic acids is 1. The Morgan fingerprint density at radius 1 is 1.03 bits per heavy atom. The first-order valence-electron chi connectivity index (χ1n) is 11.7. The molecule has 4 rings (SSSR count). The number of benzene rings is 2. The molecule has 2 aromatic carbocycles. The van der Waals surface area contributed by atoms with Gasteiger partial charge in [0.25, 0.3) is 0 Å². The van der Waals surface area contributed by atoms with E-state index in [-0.39, 0.29) is 5.97 Å². The van der Waals surface area contributed by atoms with Gasteiger partial charge in [0.2, 0.25) is 0 Å². The number of esters is 1. The van der Waals surface area contributed by atoms with E-state index in [0.717, 1.165) is 46.7 Å². The van der Waals surface area contributed by atoms with Crippen LogP contribution >= 0.6 is 0 Å². The lowest BCUT2D eigenvalue weighted by atomic mass is 10.00. The Morgan fingerprint density at radius 3 is 2.59 bits per heavy atom. The zero-order valence-electron chi connectivity index (χ0n) is 19.8. The molecule has 1 aromatic heterocycles. The van der Waals surface area contributed by atoms with Gasteiger partial charge in [-0.3, -0.25) is 0 Å². The number of hydrogen-bond acceptors (Lipinski definition) is 6. The summed E-state index contributed by atoms with van der Waals surface area (Å²) in [6.07, 6.45) is 7.01. The van der Waals surface area contributed by atoms with E-state index in [9.17, 15) is 4.79 Å². The van der Waals surface area contributed by atoms with Crippen molar-refractivity contribution in [2.45, 2.75) is 26.3 Å². The Hall–Kier alpha value is -3.51. The van der Waals surface area contributed by atoms with Gasteiger partial charge in [-0.05, 0) is 65.9 Å². The predicted octanol–water partition coefficient (Wildman–Crippen LogP) is 5.72. The van der Waals surface area contributed by atoms with Gasteiger partial charge in [0.05, 0.1) is 26.2 Å². The second-order valence-corrected chi connectivity index (χ2v) is 8.22.